The SMILES string of the molecule is C=C[C@H]([C@H](/C=C/c1ccccc1)Nc1ccccc1)[S@](=O)c1ccc(C)cc1. The molecule has 1 N–H and O–H groups in total. The van der Waals surface area contributed by atoms with E-state index in [1.54, 1.807) is 6.08 Å². The predicted octanol–water partition coefficient (Wildman–Crippen LogP) is 5.85. The number of anilines is 1. The van der Waals surface area contributed by atoms with E-state index >= 15 is 0 Å². The highest BCUT2D eigenvalue weighted by atomic mass is 32.2. The monoisotopic (exact) mass is 387 g/mol. The molecule has 0 fully saturated rings. The van der Waals surface area contributed by atoms with Crippen LogP contribution in [0.1, 0.15) is 11.1 Å². The topological polar surface area (TPSA) is 29.1 Å². The van der Waals surface area contributed by atoms with Crippen molar-refractivity contribution in [2.75, 3.05) is 5.32 Å². The highest BCUT2D eigenvalue weighted by Gasteiger charge is 2.23. The third-order valence-corrected chi connectivity index (χ3v) is 6.21. The minimum absolute atomic E-state index is 0.165. The molecular weight excluding hydrogens is 362 g/mol. The quantitative estimate of drug-likeness (QED) is 0.491. The van der Waals surface area contributed by atoms with Crippen molar-refractivity contribution in [3.05, 3.63) is 115 Å². The van der Waals surface area contributed by atoms with Crippen LogP contribution in [0.4, 0.5) is 5.69 Å². The summed E-state index contributed by atoms with van der Waals surface area (Å²) in [7, 11) is -1.22. The number of para-hydroxylation sites is 1. The molecule has 0 radical (unpaired) electrons. The first kappa shape index (κ1) is 19.8. The van der Waals surface area contributed by atoms with Gasteiger partial charge >= 0.3 is 0 Å². The van der Waals surface area contributed by atoms with Crippen molar-refractivity contribution in [3.8, 4) is 0 Å². The fourth-order valence-corrected chi connectivity index (χ4v) is 4.26. The summed E-state index contributed by atoms with van der Waals surface area (Å²) in [5.74, 6) is 0. The molecule has 0 saturated carbocycles. The van der Waals surface area contributed by atoms with E-state index in [0.717, 1.165) is 21.7 Å². The van der Waals surface area contributed by atoms with Gasteiger partial charge in [0, 0.05) is 10.6 Å². The van der Waals surface area contributed by atoms with Crippen LogP contribution in [0.2, 0.25) is 0 Å². The van der Waals surface area contributed by atoms with Gasteiger partial charge in [-0.3, -0.25) is 4.21 Å². The molecule has 2 nitrogen and oxygen atoms in total. The number of hydrogen-bond acceptors (Lipinski definition) is 2. The smallest absolute Gasteiger partial charge is 0.0809 e. The molecule has 142 valence electrons. The molecule has 0 spiro atoms. The molecule has 28 heavy (non-hydrogen) atoms. The van der Waals surface area contributed by atoms with Crippen LogP contribution in [-0.2, 0) is 10.8 Å². The third kappa shape index (κ3) is 5.30. The van der Waals surface area contributed by atoms with Gasteiger partial charge in [-0.05, 0) is 36.8 Å². The Bertz CT molecular complexity index is 933. The van der Waals surface area contributed by atoms with Crippen LogP contribution >= 0.6 is 0 Å². The minimum atomic E-state index is -1.22. The zero-order chi connectivity index (χ0) is 19.8. The van der Waals surface area contributed by atoms with Crippen molar-refractivity contribution >= 4 is 22.6 Å². The molecule has 0 bridgehead atoms. The van der Waals surface area contributed by atoms with Crippen LogP contribution in [0.25, 0.3) is 6.08 Å². The van der Waals surface area contributed by atoms with E-state index in [1.165, 1.54) is 0 Å². The molecule has 0 aromatic heterocycles. The lowest BCUT2D eigenvalue weighted by Gasteiger charge is -2.24. The van der Waals surface area contributed by atoms with Crippen molar-refractivity contribution in [2.45, 2.75) is 23.1 Å². The van der Waals surface area contributed by atoms with E-state index in [2.05, 4.69) is 36.2 Å². The Balaban J connectivity index is 1.90. The van der Waals surface area contributed by atoms with Crippen molar-refractivity contribution < 1.29 is 4.21 Å². The van der Waals surface area contributed by atoms with Gasteiger partial charge < -0.3 is 5.32 Å². The molecule has 0 aliphatic heterocycles. The molecule has 0 unspecified atom stereocenters. The fourth-order valence-electron chi connectivity index (χ4n) is 2.94. The predicted molar refractivity (Wildman–Crippen MR) is 121 cm³/mol. The van der Waals surface area contributed by atoms with Gasteiger partial charge in [0.1, 0.15) is 0 Å². The second-order valence-corrected chi connectivity index (χ2v) is 8.23. The Morgan fingerprint density at radius 1 is 0.893 bits per heavy atom. The molecule has 3 heteroatoms. The molecule has 0 aliphatic carbocycles. The summed E-state index contributed by atoms with van der Waals surface area (Å²) in [5.41, 5.74) is 3.24. The van der Waals surface area contributed by atoms with Gasteiger partial charge in [-0.1, -0.05) is 84.5 Å². The van der Waals surface area contributed by atoms with E-state index in [-0.39, 0.29) is 11.3 Å². The summed E-state index contributed by atoms with van der Waals surface area (Å²) in [4.78, 5) is 0.809. The second kappa shape index (κ2) is 9.86. The van der Waals surface area contributed by atoms with Crippen molar-refractivity contribution in [2.24, 2.45) is 0 Å². The summed E-state index contributed by atoms with van der Waals surface area (Å²) >= 11 is 0. The minimum Gasteiger partial charge on any atom is -0.377 e. The number of benzene rings is 3. The zero-order valence-electron chi connectivity index (χ0n) is 16.0. The largest absolute Gasteiger partial charge is 0.377 e. The lowest BCUT2D eigenvalue weighted by molar-refractivity contribution is 0.673. The van der Waals surface area contributed by atoms with Gasteiger partial charge in [-0.2, -0.15) is 0 Å². The lowest BCUT2D eigenvalue weighted by Crippen LogP contribution is -2.33. The summed E-state index contributed by atoms with van der Waals surface area (Å²) in [5, 5.41) is 3.24. The Morgan fingerprint density at radius 3 is 2.11 bits per heavy atom. The molecule has 3 aromatic carbocycles. The average Bonchev–Trinajstić information content (AvgIpc) is 2.74. The maximum atomic E-state index is 13.3. The summed E-state index contributed by atoms with van der Waals surface area (Å²) in [6, 6.07) is 27.8. The van der Waals surface area contributed by atoms with Crippen molar-refractivity contribution in [1.29, 1.82) is 0 Å². The van der Waals surface area contributed by atoms with E-state index in [4.69, 9.17) is 0 Å². The fraction of sp³-hybridized carbons (Fsp3) is 0.120. The molecule has 3 atom stereocenters. The molecular formula is C25H25NOS. The lowest BCUT2D eigenvalue weighted by atomic mass is 10.1. The van der Waals surface area contributed by atoms with Crippen molar-refractivity contribution in [3.63, 3.8) is 0 Å². The van der Waals surface area contributed by atoms with Crippen LogP contribution in [0.3, 0.4) is 0 Å². The Labute approximate surface area is 170 Å². The first-order valence-corrected chi connectivity index (χ1v) is 10.5. The molecule has 3 rings (SSSR count). The Morgan fingerprint density at radius 2 is 1.50 bits per heavy atom. The van der Waals surface area contributed by atoms with Gasteiger partial charge in [0.15, 0.2) is 0 Å². The van der Waals surface area contributed by atoms with Gasteiger partial charge in [0.25, 0.3) is 0 Å². The first-order valence-electron chi connectivity index (χ1n) is 9.32. The van der Waals surface area contributed by atoms with Crippen molar-refractivity contribution in [1.82, 2.24) is 0 Å². The standard InChI is InChI=1S/C25H25NOS/c1-3-25(28(27)23-17-14-20(2)15-18-23)24(26-22-12-8-5-9-13-22)19-16-21-10-6-4-7-11-21/h3-19,24-26H,1H2,2H3/b19-16+/t24-,25+,28+/m0/s1. The van der Waals surface area contributed by atoms with Gasteiger partial charge in [0.05, 0.1) is 22.1 Å². The van der Waals surface area contributed by atoms with Crippen LogP contribution in [0.15, 0.2) is 109 Å². The van der Waals surface area contributed by atoms with Crippen LogP contribution in [-0.4, -0.2) is 15.5 Å². The van der Waals surface area contributed by atoms with E-state index in [9.17, 15) is 4.21 Å². The Kier molecular flexibility index (Phi) is 6.99. The summed E-state index contributed by atoms with van der Waals surface area (Å²) in [6.45, 7) is 6.00. The first-order chi connectivity index (χ1) is 13.7. The maximum absolute atomic E-state index is 13.3. The highest BCUT2D eigenvalue weighted by molar-refractivity contribution is 7.86. The molecule has 0 heterocycles. The molecule has 3 aromatic rings. The van der Waals surface area contributed by atoms with Crippen LogP contribution in [0.5, 0.6) is 0 Å². The highest BCUT2D eigenvalue weighted by Crippen LogP contribution is 2.20. The van der Waals surface area contributed by atoms with E-state index in [0.29, 0.717) is 0 Å². The molecule has 0 amide bonds. The third-order valence-electron chi connectivity index (χ3n) is 4.49. The van der Waals surface area contributed by atoms with Crippen LogP contribution < -0.4 is 5.32 Å². The zero-order valence-corrected chi connectivity index (χ0v) is 16.8. The number of aryl methyl sites for hydroxylation is 1. The number of nitrogens with one attached hydrogen (secondary N) is 1. The second-order valence-electron chi connectivity index (χ2n) is 6.62. The normalized spacial score (nSPS) is 14.3. The number of rotatable bonds is 8. The summed E-state index contributed by atoms with van der Waals surface area (Å²) in [6.07, 6.45) is 5.91. The Hall–Kier alpha value is -2.91. The molecule has 0 aliphatic rings. The number of hydrogen-bond donors (Lipinski definition) is 1. The van der Waals surface area contributed by atoms with Gasteiger partial charge in [0.2, 0.25) is 0 Å². The van der Waals surface area contributed by atoms with E-state index < -0.39 is 10.8 Å². The average molecular weight is 388 g/mol. The molecule has 0 saturated heterocycles. The van der Waals surface area contributed by atoms with E-state index in [1.807, 2.05) is 79.7 Å². The summed E-state index contributed by atoms with van der Waals surface area (Å²) < 4.78 is 13.3. The van der Waals surface area contributed by atoms with Crippen LogP contribution in [0, 0.1) is 6.92 Å². The van der Waals surface area contributed by atoms with Gasteiger partial charge in [-0.25, -0.2) is 0 Å². The van der Waals surface area contributed by atoms with Gasteiger partial charge in [-0.15, -0.1) is 6.58 Å². The maximum Gasteiger partial charge on any atom is 0.0809 e.